The molecule has 4 aromatic rings. The maximum Gasteiger partial charge on any atom is 0.341 e. The van der Waals surface area contributed by atoms with Crippen molar-refractivity contribution in [2.75, 3.05) is 13.7 Å². The lowest BCUT2D eigenvalue weighted by atomic mass is 9.99. The Kier molecular flexibility index (Phi) is 7.03. The van der Waals surface area contributed by atoms with Crippen LogP contribution in [0.15, 0.2) is 89.3 Å². The van der Waals surface area contributed by atoms with Crippen molar-refractivity contribution in [3.8, 4) is 28.3 Å². The summed E-state index contributed by atoms with van der Waals surface area (Å²) < 4.78 is 16.5. The van der Waals surface area contributed by atoms with Gasteiger partial charge in [-0.05, 0) is 24.1 Å². The van der Waals surface area contributed by atoms with Gasteiger partial charge in [0.15, 0.2) is 12.4 Å². The molecule has 4 rings (SSSR count). The molecule has 0 aliphatic rings. The molecular formula is C27H23NO6. The number of aromatic nitrogens is 1. The molecule has 0 saturated carbocycles. The van der Waals surface area contributed by atoms with Gasteiger partial charge in [0.25, 0.3) is 0 Å². The normalized spacial score (nSPS) is 11.6. The summed E-state index contributed by atoms with van der Waals surface area (Å²) in [7, 11) is 1.32. The van der Waals surface area contributed by atoms with E-state index in [1.165, 1.54) is 7.11 Å². The van der Waals surface area contributed by atoms with Crippen LogP contribution in [0.25, 0.3) is 22.6 Å². The Bertz CT molecular complexity index is 1210. The van der Waals surface area contributed by atoms with E-state index < -0.39 is 24.5 Å². The first-order valence-electron chi connectivity index (χ1n) is 10.7. The number of oxazole rings is 1. The van der Waals surface area contributed by atoms with E-state index in [1.54, 1.807) is 18.2 Å². The van der Waals surface area contributed by atoms with Gasteiger partial charge >= 0.3 is 11.9 Å². The molecule has 1 aromatic heterocycles. The van der Waals surface area contributed by atoms with Crippen molar-refractivity contribution in [2.45, 2.75) is 12.3 Å². The zero-order valence-electron chi connectivity index (χ0n) is 18.5. The second-order valence-corrected chi connectivity index (χ2v) is 7.57. The number of carbonyl (C=O) groups is 2. The van der Waals surface area contributed by atoms with Crippen molar-refractivity contribution < 1.29 is 28.6 Å². The van der Waals surface area contributed by atoms with Crippen LogP contribution >= 0.6 is 0 Å². The number of hydrogen-bond donors (Lipinski definition) is 1. The molecule has 1 N–H and O–H groups in total. The van der Waals surface area contributed by atoms with Gasteiger partial charge in [0.2, 0.25) is 5.89 Å². The summed E-state index contributed by atoms with van der Waals surface area (Å²) in [5.41, 5.74) is 3.09. The van der Waals surface area contributed by atoms with Crippen molar-refractivity contribution in [3.63, 3.8) is 0 Å². The molecule has 0 amide bonds. The smallest absolute Gasteiger partial charge is 0.341 e. The molecule has 1 unspecified atom stereocenters. The predicted octanol–water partition coefficient (Wildman–Crippen LogP) is 4.97. The van der Waals surface area contributed by atoms with Crippen molar-refractivity contribution in [1.82, 2.24) is 4.98 Å². The number of aliphatic carboxylic acids is 1. The average molecular weight is 457 g/mol. The Labute approximate surface area is 196 Å². The number of esters is 1. The van der Waals surface area contributed by atoms with Crippen LogP contribution in [-0.2, 0) is 20.7 Å². The molecule has 1 heterocycles. The van der Waals surface area contributed by atoms with Crippen LogP contribution in [0, 0.1) is 0 Å². The van der Waals surface area contributed by atoms with Gasteiger partial charge in [0, 0.05) is 11.1 Å². The lowest BCUT2D eigenvalue weighted by molar-refractivity contribution is -0.143. The number of rotatable bonds is 9. The summed E-state index contributed by atoms with van der Waals surface area (Å²) >= 11 is 0. The summed E-state index contributed by atoms with van der Waals surface area (Å²) in [5.74, 6) is -1.17. The maximum atomic E-state index is 12.8. The Balaban J connectivity index is 1.72. The molecule has 0 aliphatic carbocycles. The van der Waals surface area contributed by atoms with Crippen LogP contribution in [0.3, 0.4) is 0 Å². The predicted molar refractivity (Wildman–Crippen MR) is 125 cm³/mol. The van der Waals surface area contributed by atoms with E-state index >= 15 is 0 Å². The molecule has 1 atom stereocenters. The number of carboxylic acid groups (broad SMARTS) is 1. The third-order valence-corrected chi connectivity index (χ3v) is 5.21. The highest BCUT2D eigenvalue weighted by Crippen LogP contribution is 2.36. The summed E-state index contributed by atoms with van der Waals surface area (Å²) in [5, 5.41) is 8.85. The number of carbonyl (C=O) groups excluding carboxylic acids is 1. The van der Waals surface area contributed by atoms with Gasteiger partial charge in [-0.3, -0.25) is 4.79 Å². The van der Waals surface area contributed by atoms with Gasteiger partial charge in [-0.15, -0.1) is 0 Å². The summed E-state index contributed by atoms with van der Waals surface area (Å²) in [4.78, 5) is 28.3. The van der Waals surface area contributed by atoms with Crippen molar-refractivity contribution in [2.24, 2.45) is 0 Å². The van der Waals surface area contributed by atoms with Crippen LogP contribution in [0.5, 0.6) is 5.75 Å². The highest BCUT2D eigenvalue weighted by Gasteiger charge is 2.30. The first-order valence-corrected chi connectivity index (χ1v) is 10.7. The minimum atomic E-state index is -1.07. The van der Waals surface area contributed by atoms with Crippen LogP contribution in [0.2, 0.25) is 0 Å². The third-order valence-electron chi connectivity index (χ3n) is 5.21. The minimum absolute atomic E-state index is 0.236. The van der Waals surface area contributed by atoms with Gasteiger partial charge in [-0.25, -0.2) is 9.78 Å². The van der Waals surface area contributed by atoms with Crippen molar-refractivity contribution >= 4 is 11.9 Å². The Morgan fingerprint density at radius 3 is 2.26 bits per heavy atom. The van der Waals surface area contributed by atoms with E-state index in [0.717, 1.165) is 16.7 Å². The van der Waals surface area contributed by atoms with Crippen LogP contribution < -0.4 is 4.74 Å². The van der Waals surface area contributed by atoms with Crippen molar-refractivity contribution in [3.05, 3.63) is 96.4 Å². The van der Waals surface area contributed by atoms with Crippen LogP contribution in [-0.4, -0.2) is 35.7 Å². The number of methoxy groups -OCH3 is 1. The zero-order chi connectivity index (χ0) is 23.9. The number of carboxylic acids is 1. The lowest BCUT2D eigenvalue weighted by Gasteiger charge is -2.12. The monoisotopic (exact) mass is 457 g/mol. The first kappa shape index (κ1) is 22.8. The average Bonchev–Trinajstić information content (AvgIpc) is 3.32. The van der Waals surface area contributed by atoms with E-state index in [1.807, 2.05) is 66.7 Å². The number of hydrogen-bond acceptors (Lipinski definition) is 6. The van der Waals surface area contributed by atoms with Crippen molar-refractivity contribution in [1.29, 1.82) is 0 Å². The van der Waals surface area contributed by atoms with Crippen LogP contribution in [0.1, 0.15) is 17.4 Å². The standard InChI is InChI=1S/C27H23NO6/c1-32-27(31)22(16-18-9-8-14-21(15-18)33-17-23(29)30)26-28-24(19-10-4-2-5-11-19)25(34-26)20-12-6-3-7-13-20/h2-15,22H,16-17H2,1H3,(H,29,30). The number of ether oxygens (including phenoxy) is 2. The molecule has 7 heteroatoms. The summed E-state index contributed by atoms with van der Waals surface area (Å²) in [6, 6.07) is 26.1. The molecule has 0 bridgehead atoms. The van der Waals surface area contributed by atoms with E-state index in [0.29, 0.717) is 17.2 Å². The fourth-order valence-electron chi connectivity index (χ4n) is 3.62. The molecule has 0 fully saturated rings. The Hall–Kier alpha value is -4.39. The Morgan fingerprint density at radius 1 is 0.941 bits per heavy atom. The van der Waals surface area contributed by atoms with Gasteiger partial charge in [-0.2, -0.15) is 0 Å². The molecule has 172 valence electrons. The molecule has 34 heavy (non-hydrogen) atoms. The molecule has 0 spiro atoms. The third kappa shape index (κ3) is 5.32. The lowest BCUT2D eigenvalue weighted by Crippen LogP contribution is -2.17. The number of benzene rings is 3. The first-order chi connectivity index (χ1) is 16.5. The molecule has 0 radical (unpaired) electrons. The van der Waals surface area contributed by atoms with Crippen LogP contribution in [0.4, 0.5) is 0 Å². The number of nitrogens with zero attached hydrogens (tertiary/aromatic N) is 1. The second-order valence-electron chi connectivity index (χ2n) is 7.57. The largest absolute Gasteiger partial charge is 0.482 e. The highest BCUT2D eigenvalue weighted by atomic mass is 16.5. The van der Waals surface area contributed by atoms with Gasteiger partial charge in [0.1, 0.15) is 17.4 Å². The molecule has 0 aliphatic heterocycles. The molecular weight excluding hydrogens is 434 g/mol. The second kappa shape index (κ2) is 10.5. The van der Waals surface area contributed by atoms with E-state index in [2.05, 4.69) is 0 Å². The quantitative estimate of drug-likeness (QED) is 0.354. The molecule has 0 saturated heterocycles. The van der Waals surface area contributed by atoms with E-state index in [-0.39, 0.29) is 12.3 Å². The summed E-state index contributed by atoms with van der Waals surface area (Å²) in [6.45, 7) is -0.454. The molecule has 3 aromatic carbocycles. The van der Waals surface area contributed by atoms with Gasteiger partial charge < -0.3 is 19.0 Å². The fourth-order valence-corrected chi connectivity index (χ4v) is 3.62. The van der Waals surface area contributed by atoms with E-state index in [4.69, 9.17) is 24.0 Å². The topological polar surface area (TPSA) is 98.9 Å². The van der Waals surface area contributed by atoms with E-state index in [9.17, 15) is 9.59 Å². The minimum Gasteiger partial charge on any atom is -0.482 e. The SMILES string of the molecule is COC(=O)C(Cc1cccc(OCC(=O)O)c1)c1nc(-c2ccccc2)c(-c2ccccc2)o1. The maximum absolute atomic E-state index is 12.8. The fraction of sp³-hybridized carbons (Fsp3) is 0.148. The van der Waals surface area contributed by atoms with Gasteiger partial charge in [-0.1, -0.05) is 72.8 Å². The Morgan fingerprint density at radius 2 is 1.62 bits per heavy atom. The molecule has 7 nitrogen and oxygen atoms in total. The van der Waals surface area contributed by atoms with Gasteiger partial charge in [0.05, 0.1) is 7.11 Å². The zero-order valence-corrected chi connectivity index (χ0v) is 18.5. The summed E-state index contributed by atoms with van der Waals surface area (Å²) in [6.07, 6.45) is 0.236. The highest BCUT2D eigenvalue weighted by molar-refractivity contribution is 5.80.